The molecule has 0 radical (unpaired) electrons. The van der Waals surface area contributed by atoms with Crippen molar-refractivity contribution in [2.24, 2.45) is 23.7 Å². The summed E-state index contributed by atoms with van der Waals surface area (Å²) in [7, 11) is 1.27. The molecule has 2 aliphatic heterocycles. The Bertz CT molecular complexity index is 2240. The molecule has 1 aliphatic carbocycles. The van der Waals surface area contributed by atoms with Crippen LogP contribution in [-0.4, -0.2) is 60.8 Å². The third kappa shape index (κ3) is 8.01. The Morgan fingerprint density at radius 3 is 2.33 bits per heavy atom. The van der Waals surface area contributed by atoms with Gasteiger partial charge in [0, 0.05) is 17.5 Å². The van der Waals surface area contributed by atoms with Gasteiger partial charge in [0.25, 0.3) is 0 Å². The molecule has 286 valence electrons. The van der Waals surface area contributed by atoms with Gasteiger partial charge in [-0.1, -0.05) is 85.7 Å². The number of esters is 2. The Morgan fingerprint density at radius 2 is 1.65 bits per heavy atom. The van der Waals surface area contributed by atoms with Crippen molar-refractivity contribution < 1.29 is 28.7 Å². The monoisotopic (exact) mass is 754 g/mol. The summed E-state index contributed by atoms with van der Waals surface area (Å²) < 4.78 is 10.8. The number of fused-ring (bicyclic) bond motifs is 7. The van der Waals surface area contributed by atoms with Crippen molar-refractivity contribution in [2.45, 2.75) is 93.9 Å². The number of aldehydes is 1. The van der Waals surface area contributed by atoms with Gasteiger partial charge in [-0.2, -0.15) is 11.4 Å². The molecule has 3 aliphatic rings. The number of ketones is 1. The van der Waals surface area contributed by atoms with Crippen molar-refractivity contribution in [3.05, 3.63) is 95.2 Å². The van der Waals surface area contributed by atoms with Crippen molar-refractivity contribution in [2.75, 3.05) is 13.7 Å². The minimum absolute atomic E-state index is 0. The van der Waals surface area contributed by atoms with Gasteiger partial charge in [0.05, 0.1) is 7.11 Å². The molecule has 0 amide bonds. The molecule has 0 spiro atoms. The number of ether oxygens (including phenoxy) is 2. The fourth-order valence-electron chi connectivity index (χ4n) is 8.05. The number of carbonyl (C=O) groups excluding carboxylic acids is 4. The molecule has 3 aromatic heterocycles. The molecule has 3 atom stereocenters. The van der Waals surface area contributed by atoms with E-state index in [0.717, 1.165) is 36.7 Å². The van der Waals surface area contributed by atoms with Crippen LogP contribution in [0.1, 0.15) is 132 Å². The van der Waals surface area contributed by atoms with E-state index in [1.807, 2.05) is 52.0 Å². The zero-order valence-electron chi connectivity index (χ0n) is 33.6. The van der Waals surface area contributed by atoms with Crippen molar-refractivity contribution in [1.29, 1.82) is 0 Å². The third-order valence-corrected chi connectivity index (χ3v) is 11.3. The van der Waals surface area contributed by atoms with Crippen LogP contribution in [0.4, 0.5) is 0 Å². The zero-order valence-corrected chi connectivity index (χ0v) is 35.0. The number of methoxy groups -OCH3 is 1. The fourth-order valence-corrected chi connectivity index (χ4v) is 8.05. The van der Waals surface area contributed by atoms with Crippen LogP contribution >= 0.6 is 0 Å². The van der Waals surface area contributed by atoms with E-state index in [0.29, 0.717) is 91.5 Å². The number of nitrogens with zero attached hydrogens (tertiary/aromatic N) is 4. The summed E-state index contributed by atoms with van der Waals surface area (Å²) in [5.74, 6) is -2.62. The normalized spacial score (nSPS) is 22.2. The number of Topliss-reactive ketones (excluding diaryl/α,β-unsaturated/α-hetero) is 1. The zero-order chi connectivity index (χ0) is 39.0. The van der Waals surface area contributed by atoms with Crippen LogP contribution in [0.2, 0.25) is 0 Å². The topological polar surface area (TPSA) is 143 Å². The van der Waals surface area contributed by atoms with Gasteiger partial charge in [-0.15, -0.1) is 33.5 Å². The molecule has 10 nitrogen and oxygen atoms in total. The molecule has 6 rings (SSSR count). The van der Waals surface area contributed by atoms with Crippen LogP contribution in [0.5, 0.6) is 0 Å². The van der Waals surface area contributed by atoms with Gasteiger partial charge in [-0.05, 0) is 77.2 Å². The summed E-state index contributed by atoms with van der Waals surface area (Å²) in [6, 6.07) is 0. The van der Waals surface area contributed by atoms with Crippen LogP contribution in [0.25, 0.3) is 29.1 Å². The van der Waals surface area contributed by atoms with Gasteiger partial charge in [0.1, 0.15) is 18.8 Å². The first kappa shape index (κ1) is 41.8. The molecule has 55 heavy (non-hydrogen) atoms. The molecule has 8 bridgehead atoms. The number of hydrogen-bond acceptors (Lipinski definition) is 6. The van der Waals surface area contributed by atoms with E-state index in [1.165, 1.54) is 12.7 Å². The smallest absolute Gasteiger partial charge is 0.664 e. The summed E-state index contributed by atoms with van der Waals surface area (Å²) >= 11 is 0. The maximum absolute atomic E-state index is 14.2. The van der Waals surface area contributed by atoms with Crippen molar-refractivity contribution in [3.63, 3.8) is 0 Å². The summed E-state index contributed by atoms with van der Waals surface area (Å²) in [6.07, 6.45) is 12.8. The van der Waals surface area contributed by atoms with Crippen LogP contribution in [0.3, 0.4) is 0 Å². The number of allylic oxidation sites excluding steroid dienone is 3. The molecule has 0 aromatic carbocycles. The molecule has 0 saturated carbocycles. The second-order valence-corrected chi connectivity index (χ2v) is 15.3. The Morgan fingerprint density at radius 1 is 0.945 bits per heavy atom. The maximum Gasteiger partial charge on any atom is 2.00 e. The Hall–Kier alpha value is -4.35. The average molecular weight is 755 g/mol. The molecular formula is C44H50MgN4O6-2. The van der Waals surface area contributed by atoms with Crippen molar-refractivity contribution in [3.8, 4) is 0 Å². The minimum atomic E-state index is -1.25. The fraction of sp³-hybridized carbons (Fsp3) is 0.455. The van der Waals surface area contributed by atoms with E-state index in [-0.39, 0.29) is 59.7 Å². The standard InChI is InChI=1S/C44H52N4O6.Mg/c1-10-28-24(5)32-19-36-30(21-49)26(7)31(46-36)18-33-25(6)29(14-15-37(50)54-17-16-23(4)13-11-12-22(2)3)41(47-33)39-40(44(52)53-9)43(51)38-27(8)34(48-42(38)39)20-35(28)45-32;/h16,18-22,25,29,40H,10-15,17H2,1-9H3,(H2-2,45,46,47,48,49,51);/q-2;+2/p-2/b23-16-,33-18-;/t25-,29-,40+;/m0./s1. The molecular weight excluding hydrogens is 705 g/mol. The van der Waals surface area contributed by atoms with E-state index >= 15 is 0 Å². The first-order valence-corrected chi connectivity index (χ1v) is 19.1. The van der Waals surface area contributed by atoms with Crippen LogP contribution < -0.4 is 25.7 Å². The molecule has 0 unspecified atom stereocenters. The van der Waals surface area contributed by atoms with Crippen LogP contribution in [-0.2, 0) is 25.5 Å². The SMILES string of the molecule is CCc1c(C)/c2[n-]/c1=C\c1[n-]c3c(c1C)C(=O)[C@H](C(=O)OC)/C3=C1/[N-]/C(=C\c3[n-]c(c(C=O)c3C)\C=2)[C@@H](C)[C@@H]1CCC(=O)OC/C=C(/C)CCCC(C)C.[Mg+2]. The Balaban J connectivity index is 0.00000580. The van der Waals surface area contributed by atoms with Crippen LogP contribution in [0, 0.1) is 44.4 Å². The molecule has 1 saturated heterocycles. The first-order chi connectivity index (χ1) is 25.8. The van der Waals surface area contributed by atoms with E-state index in [4.69, 9.17) is 29.7 Å². The summed E-state index contributed by atoms with van der Waals surface area (Å²) in [4.78, 5) is 68.2. The van der Waals surface area contributed by atoms with Crippen LogP contribution in [0.15, 0.2) is 23.0 Å². The van der Waals surface area contributed by atoms with E-state index < -0.39 is 11.9 Å². The van der Waals surface area contributed by atoms with Gasteiger partial charge in [0.15, 0.2) is 5.78 Å². The summed E-state index contributed by atoms with van der Waals surface area (Å²) in [6.45, 7) is 16.4. The first-order valence-electron chi connectivity index (χ1n) is 19.1. The number of rotatable bonds is 12. The van der Waals surface area contributed by atoms with E-state index in [1.54, 1.807) is 0 Å². The molecule has 1 fully saturated rings. The second-order valence-electron chi connectivity index (χ2n) is 15.3. The summed E-state index contributed by atoms with van der Waals surface area (Å²) in [5.41, 5.74) is 9.07. The molecule has 3 aromatic rings. The predicted octanol–water partition coefficient (Wildman–Crippen LogP) is 5.92. The van der Waals surface area contributed by atoms with Gasteiger partial charge in [-0.3, -0.25) is 19.2 Å². The molecule has 11 heteroatoms. The number of carbonyl (C=O) groups is 4. The quantitative estimate of drug-likeness (QED) is 0.0724. The van der Waals surface area contributed by atoms with E-state index in [2.05, 4.69) is 27.7 Å². The largest absolute Gasteiger partial charge is 2.00 e. The number of hydrogen-bond donors (Lipinski definition) is 0. The third-order valence-electron chi connectivity index (χ3n) is 11.3. The molecule has 0 N–H and O–H groups in total. The number of aromatic nitrogens is 3. The van der Waals surface area contributed by atoms with Crippen molar-refractivity contribution in [1.82, 2.24) is 15.0 Å². The Labute approximate surface area is 339 Å². The average Bonchev–Trinajstić information content (AvgIpc) is 3.87. The minimum Gasteiger partial charge on any atom is -0.664 e. The Kier molecular flexibility index (Phi) is 13.1. The van der Waals surface area contributed by atoms with Gasteiger partial charge >= 0.3 is 35.0 Å². The second kappa shape index (κ2) is 17.2. The maximum atomic E-state index is 14.2. The molecule has 5 heterocycles. The van der Waals surface area contributed by atoms with Gasteiger partial charge in [0.2, 0.25) is 0 Å². The van der Waals surface area contributed by atoms with Crippen molar-refractivity contribution >= 4 is 70.9 Å². The van der Waals surface area contributed by atoms with Gasteiger partial charge in [-0.25, -0.2) is 0 Å². The predicted molar refractivity (Wildman–Crippen MR) is 214 cm³/mol. The van der Waals surface area contributed by atoms with E-state index in [9.17, 15) is 19.2 Å². The summed E-state index contributed by atoms with van der Waals surface area (Å²) in [5, 5.41) is 6.55. The van der Waals surface area contributed by atoms with Gasteiger partial charge < -0.3 is 29.7 Å².